The number of thioether (sulfide) groups is 1. The van der Waals surface area contributed by atoms with Crippen LogP contribution in [0.25, 0.3) is 0 Å². The molecule has 2 aromatic rings. The molecule has 1 N–H and O–H groups in total. The van der Waals surface area contributed by atoms with Crippen molar-refractivity contribution in [1.82, 2.24) is 0 Å². The number of hydrogen-bond donors (Lipinski definition) is 1. The van der Waals surface area contributed by atoms with Crippen LogP contribution in [0.1, 0.15) is 10.4 Å². The number of anilines is 1. The monoisotopic (exact) mass is 465 g/mol. The fourth-order valence-corrected chi connectivity index (χ4v) is 3.45. The average Bonchev–Trinajstić information content (AvgIpc) is 2.62. The van der Waals surface area contributed by atoms with Crippen molar-refractivity contribution in [2.24, 2.45) is 0 Å². The number of hydrogen-bond acceptors (Lipinski definition) is 5. The molecule has 0 aliphatic rings. The number of Topliss-reactive ketones (excluding diaryl/α,β-unsaturated/α-hetero) is 1. The molecule has 0 aliphatic carbocycles. The van der Waals surface area contributed by atoms with Crippen molar-refractivity contribution in [1.29, 1.82) is 10.5 Å². The quantitative estimate of drug-likeness (QED) is 0.414. The largest absolute Gasteiger partial charge is 0.347 e. The molecule has 0 saturated heterocycles. The predicted molar refractivity (Wildman–Crippen MR) is 109 cm³/mol. The number of nitriles is 2. The van der Waals surface area contributed by atoms with Crippen molar-refractivity contribution in [3.63, 3.8) is 0 Å². The van der Waals surface area contributed by atoms with E-state index in [1.165, 1.54) is 0 Å². The van der Waals surface area contributed by atoms with Gasteiger partial charge in [-0.2, -0.15) is 10.5 Å². The fourth-order valence-electron chi connectivity index (χ4n) is 1.87. The van der Waals surface area contributed by atoms with Crippen LogP contribution in [0.2, 0.25) is 10.0 Å². The summed E-state index contributed by atoms with van der Waals surface area (Å²) in [6.45, 7) is 0. The van der Waals surface area contributed by atoms with E-state index in [0.29, 0.717) is 21.3 Å². The summed E-state index contributed by atoms with van der Waals surface area (Å²) in [6, 6.07) is 15.4. The molecule has 2 rings (SSSR count). The first-order chi connectivity index (χ1) is 12.4. The van der Waals surface area contributed by atoms with Crippen molar-refractivity contribution in [3.05, 3.63) is 73.1 Å². The predicted octanol–water partition coefficient (Wildman–Crippen LogP) is 6.04. The van der Waals surface area contributed by atoms with Gasteiger partial charge in [0.25, 0.3) is 0 Å². The summed E-state index contributed by atoms with van der Waals surface area (Å²) < 4.78 is 0.873. The molecule has 0 radical (unpaired) electrons. The van der Waals surface area contributed by atoms with E-state index in [2.05, 4.69) is 21.2 Å². The van der Waals surface area contributed by atoms with Gasteiger partial charge < -0.3 is 5.32 Å². The van der Waals surface area contributed by atoms with Gasteiger partial charge in [-0.1, -0.05) is 63.0 Å². The molecule has 0 atom stereocenters. The number of nitrogens with zero attached hydrogens (tertiary/aromatic N) is 2. The summed E-state index contributed by atoms with van der Waals surface area (Å²) in [4.78, 5) is 12.3. The van der Waals surface area contributed by atoms with E-state index in [1.54, 1.807) is 42.5 Å². The van der Waals surface area contributed by atoms with Crippen LogP contribution < -0.4 is 5.32 Å². The smallest absolute Gasteiger partial charge is 0.173 e. The molecule has 26 heavy (non-hydrogen) atoms. The summed E-state index contributed by atoms with van der Waals surface area (Å²) in [5.41, 5.74) is 0.891. The number of allylic oxidation sites excluding steroid dienone is 1. The Hall–Kier alpha value is -1.96. The van der Waals surface area contributed by atoms with Crippen molar-refractivity contribution in [2.75, 3.05) is 11.1 Å². The van der Waals surface area contributed by atoms with Crippen LogP contribution in [0, 0.1) is 22.7 Å². The minimum Gasteiger partial charge on any atom is -0.347 e. The zero-order chi connectivity index (χ0) is 19.1. The second kappa shape index (κ2) is 9.66. The summed E-state index contributed by atoms with van der Waals surface area (Å²) in [7, 11) is 0. The van der Waals surface area contributed by atoms with Crippen molar-refractivity contribution >= 4 is 62.4 Å². The van der Waals surface area contributed by atoms with Crippen LogP contribution in [0.15, 0.2) is 57.5 Å². The molecule has 0 saturated carbocycles. The first-order valence-corrected chi connectivity index (χ1v) is 9.66. The molecule has 0 unspecified atom stereocenters. The van der Waals surface area contributed by atoms with E-state index in [0.717, 1.165) is 16.2 Å². The van der Waals surface area contributed by atoms with Crippen LogP contribution in [-0.2, 0) is 0 Å². The lowest BCUT2D eigenvalue weighted by Gasteiger charge is -2.12. The van der Waals surface area contributed by atoms with Crippen LogP contribution in [0.5, 0.6) is 0 Å². The third kappa shape index (κ3) is 5.52. The minimum absolute atomic E-state index is 0.0576. The van der Waals surface area contributed by atoms with Crippen LogP contribution in [0.3, 0.4) is 0 Å². The maximum Gasteiger partial charge on any atom is 0.173 e. The Morgan fingerprint density at radius 2 is 1.77 bits per heavy atom. The van der Waals surface area contributed by atoms with Gasteiger partial charge in [-0.3, -0.25) is 4.79 Å². The van der Waals surface area contributed by atoms with E-state index < -0.39 is 0 Å². The summed E-state index contributed by atoms with van der Waals surface area (Å²) >= 11 is 16.4. The molecule has 4 nitrogen and oxygen atoms in total. The molecular weight excluding hydrogens is 457 g/mol. The molecule has 0 heterocycles. The molecule has 0 amide bonds. The van der Waals surface area contributed by atoms with Crippen LogP contribution in [-0.4, -0.2) is 11.5 Å². The van der Waals surface area contributed by atoms with Gasteiger partial charge in [-0.05, 0) is 30.3 Å². The van der Waals surface area contributed by atoms with Gasteiger partial charge in [0.2, 0.25) is 0 Å². The Balaban J connectivity index is 2.20. The highest BCUT2D eigenvalue weighted by molar-refractivity contribution is 9.10. The molecule has 0 aromatic heterocycles. The molecule has 130 valence electrons. The van der Waals surface area contributed by atoms with Crippen LogP contribution >= 0.6 is 50.9 Å². The van der Waals surface area contributed by atoms with Gasteiger partial charge in [-0.25, -0.2) is 0 Å². The second-order valence-electron chi connectivity index (χ2n) is 4.90. The number of halogens is 3. The third-order valence-electron chi connectivity index (χ3n) is 3.14. The van der Waals surface area contributed by atoms with E-state index in [-0.39, 0.29) is 22.1 Å². The number of ketones is 1. The summed E-state index contributed by atoms with van der Waals surface area (Å²) in [5.74, 6) is -0.0681. The highest BCUT2D eigenvalue weighted by Gasteiger charge is 2.14. The SMILES string of the molecule is N#CC(C#N)=C(Nc1ccc(Cl)cc1Cl)SCC(=O)c1ccc(Br)cc1. The van der Waals surface area contributed by atoms with Crippen molar-refractivity contribution in [2.45, 2.75) is 0 Å². The van der Waals surface area contributed by atoms with E-state index in [4.69, 9.17) is 23.2 Å². The van der Waals surface area contributed by atoms with Gasteiger partial charge in [0.05, 0.1) is 16.5 Å². The first kappa shape index (κ1) is 20.4. The average molecular weight is 467 g/mol. The molecule has 0 spiro atoms. The molecular formula is C18H10BrCl2N3OS. The Kier molecular flexibility index (Phi) is 7.56. The standard InChI is InChI=1S/C18H10BrCl2N3OS/c19-13-3-1-11(2-4-13)17(25)10-26-18(12(8-22)9-23)24-16-6-5-14(20)7-15(16)21/h1-7,24H,10H2. The Morgan fingerprint density at radius 3 is 2.35 bits per heavy atom. The van der Waals surface area contributed by atoms with Crippen molar-refractivity contribution in [3.8, 4) is 12.1 Å². The number of nitrogens with one attached hydrogen (secondary N) is 1. The number of rotatable bonds is 6. The number of carbonyl (C=O) groups is 1. The second-order valence-corrected chi connectivity index (χ2v) is 7.64. The topological polar surface area (TPSA) is 76.7 Å². The molecule has 2 aromatic carbocycles. The fraction of sp³-hybridized carbons (Fsp3) is 0.0556. The van der Waals surface area contributed by atoms with E-state index >= 15 is 0 Å². The highest BCUT2D eigenvalue weighted by Crippen LogP contribution is 2.30. The Morgan fingerprint density at radius 1 is 1.12 bits per heavy atom. The lowest BCUT2D eigenvalue weighted by molar-refractivity contribution is 0.102. The van der Waals surface area contributed by atoms with Gasteiger partial charge in [0.15, 0.2) is 11.4 Å². The van der Waals surface area contributed by atoms with Gasteiger partial charge in [-0.15, -0.1) is 0 Å². The van der Waals surface area contributed by atoms with E-state index in [9.17, 15) is 15.3 Å². The number of carbonyl (C=O) groups excluding carboxylic acids is 1. The van der Waals surface area contributed by atoms with Gasteiger partial charge in [0, 0.05) is 15.1 Å². The lowest BCUT2D eigenvalue weighted by atomic mass is 10.2. The Labute approximate surface area is 173 Å². The van der Waals surface area contributed by atoms with Crippen LogP contribution in [0.4, 0.5) is 5.69 Å². The number of benzene rings is 2. The zero-order valence-electron chi connectivity index (χ0n) is 13.1. The van der Waals surface area contributed by atoms with E-state index in [1.807, 2.05) is 12.1 Å². The first-order valence-electron chi connectivity index (χ1n) is 7.12. The molecule has 0 aliphatic heterocycles. The molecule has 0 bridgehead atoms. The van der Waals surface area contributed by atoms with Crippen molar-refractivity contribution < 1.29 is 4.79 Å². The summed E-state index contributed by atoms with van der Waals surface area (Å²) in [6.07, 6.45) is 0. The Bertz CT molecular complexity index is 930. The normalized spacial score (nSPS) is 9.73. The van der Waals surface area contributed by atoms with Gasteiger partial charge in [0.1, 0.15) is 17.2 Å². The molecule has 0 fully saturated rings. The maximum atomic E-state index is 12.3. The molecule has 8 heteroatoms. The maximum absolute atomic E-state index is 12.3. The third-order valence-corrected chi connectivity index (χ3v) is 5.22. The minimum atomic E-state index is -0.135. The zero-order valence-corrected chi connectivity index (χ0v) is 17.0. The van der Waals surface area contributed by atoms with Gasteiger partial charge >= 0.3 is 0 Å². The highest BCUT2D eigenvalue weighted by atomic mass is 79.9. The summed E-state index contributed by atoms with van der Waals surface area (Å²) in [5, 5.41) is 22.3. The lowest BCUT2D eigenvalue weighted by Crippen LogP contribution is -2.07.